The van der Waals surface area contributed by atoms with Crippen LogP contribution in [0.3, 0.4) is 0 Å². The fourth-order valence-corrected chi connectivity index (χ4v) is 3.39. The van der Waals surface area contributed by atoms with Crippen LogP contribution in [-0.4, -0.2) is 34.5 Å². The molecule has 1 heterocycles. The van der Waals surface area contributed by atoms with Gasteiger partial charge in [-0.2, -0.15) is 11.8 Å². The van der Waals surface area contributed by atoms with E-state index in [2.05, 4.69) is 44.0 Å². The molecule has 0 saturated heterocycles. The van der Waals surface area contributed by atoms with Crippen LogP contribution in [0.1, 0.15) is 51.7 Å². The first kappa shape index (κ1) is 14.9. The highest BCUT2D eigenvalue weighted by molar-refractivity contribution is 7.99. The van der Waals surface area contributed by atoms with Gasteiger partial charge in [0.05, 0.1) is 12.7 Å². The highest BCUT2D eigenvalue weighted by Gasteiger charge is 2.28. The molecule has 3 nitrogen and oxygen atoms in total. The van der Waals surface area contributed by atoms with Crippen LogP contribution in [0, 0.1) is 0 Å². The third-order valence-electron chi connectivity index (χ3n) is 3.99. The van der Waals surface area contributed by atoms with E-state index in [1.807, 2.05) is 18.0 Å². The SMILES string of the molecule is CS[C@H]1CC[C@@H](N(C)Cc2ncc(C(C)(C)C)o2)C1. The minimum Gasteiger partial charge on any atom is -0.444 e. The second-order valence-electron chi connectivity index (χ2n) is 6.61. The maximum absolute atomic E-state index is 5.87. The Kier molecular flexibility index (Phi) is 4.62. The number of thioether (sulfide) groups is 1. The van der Waals surface area contributed by atoms with E-state index in [1.54, 1.807) is 0 Å². The number of rotatable bonds is 4. The summed E-state index contributed by atoms with van der Waals surface area (Å²) >= 11 is 2.00. The molecule has 1 fully saturated rings. The Labute approximate surface area is 121 Å². The number of aromatic nitrogens is 1. The lowest BCUT2D eigenvalue weighted by molar-refractivity contribution is 0.211. The molecule has 0 aromatic carbocycles. The van der Waals surface area contributed by atoms with Crippen molar-refractivity contribution in [2.24, 2.45) is 0 Å². The largest absolute Gasteiger partial charge is 0.444 e. The Bertz CT molecular complexity index is 411. The minimum atomic E-state index is 0.0428. The molecule has 1 aliphatic rings. The Morgan fingerprint density at radius 1 is 1.42 bits per heavy atom. The Morgan fingerprint density at radius 3 is 2.68 bits per heavy atom. The summed E-state index contributed by atoms with van der Waals surface area (Å²) in [6.07, 6.45) is 8.04. The highest BCUT2D eigenvalue weighted by atomic mass is 32.2. The Morgan fingerprint density at radius 2 is 2.16 bits per heavy atom. The van der Waals surface area contributed by atoms with Crippen LogP contribution in [0.25, 0.3) is 0 Å². The number of nitrogens with zero attached hydrogens (tertiary/aromatic N) is 2. The van der Waals surface area contributed by atoms with Crippen molar-refractivity contribution in [3.8, 4) is 0 Å². The molecule has 1 aromatic heterocycles. The molecule has 19 heavy (non-hydrogen) atoms. The van der Waals surface area contributed by atoms with E-state index in [0.29, 0.717) is 6.04 Å². The quantitative estimate of drug-likeness (QED) is 0.842. The molecular formula is C15H26N2OS. The molecule has 0 unspecified atom stereocenters. The predicted molar refractivity (Wildman–Crippen MR) is 81.6 cm³/mol. The lowest BCUT2D eigenvalue weighted by Gasteiger charge is -2.22. The number of hydrogen-bond donors (Lipinski definition) is 0. The molecular weight excluding hydrogens is 256 g/mol. The van der Waals surface area contributed by atoms with Crippen molar-refractivity contribution in [3.63, 3.8) is 0 Å². The van der Waals surface area contributed by atoms with Gasteiger partial charge in [-0.3, -0.25) is 4.90 Å². The van der Waals surface area contributed by atoms with Crippen molar-refractivity contribution < 1.29 is 4.42 Å². The zero-order chi connectivity index (χ0) is 14.0. The first-order valence-corrected chi connectivity index (χ1v) is 8.37. The summed E-state index contributed by atoms with van der Waals surface area (Å²) in [6.45, 7) is 7.28. The number of hydrogen-bond acceptors (Lipinski definition) is 4. The van der Waals surface area contributed by atoms with Crippen LogP contribution in [0.2, 0.25) is 0 Å². The molecule has 4 heteroatoms. The van der Waals surface area contributed by atoms with Gasteiger partial charge in [0, 0.05) is 16.7 Å². The lowest BCUT2D eigenvalue weighted by Crippen LogP contribution is -2.29. The predicted octanol–water partition coefficient (Wildman–Crippen LogP) is 3.69. The second kappa shape index (κ2) is 5.88. The van der Waals surface area contributed by atoms with Crippen molar-refractivity contribution in [2.75, 3.05) is 13.3 Å². The molecule has 0 spiro atoms. The van der Waals surface area contributed by atoms with Gasteiger partial charge in [0.2, 0.25) is 5.89 Å². The van der Waals surface area contributed by atoms with E-state index >= 15 is 0 Å². The summed E-state index contributed by atoms with van der Waals surface area (Å²) in [6, 6.07) is 0.683. The van der Waals surface area contributed by atoms with E-state index in [0.717, 1.165) is 23.4 Å². The van der Waals surface area contributed by atoms with E-state index in [9.17, 15) is 0 Å². The summed E-state index contributed by atoms with van der Waals surface area (Å²) in [5.74, 6) is 1.82. The molecule has 1 aliphatic carbocycles. The fourth-order valence-electron chi connectivity index (χ4n) is 2.60. The smallest absolute Gasteiger partial charge is 0.208 e. The van der Waals surface area contributed by atoms with Gasteiger partial charge in [0.15, 0.2) is 0 Å². The zero-order valence-electron chi connectivity index (χ0n) is 12.8. The van der Waals surface area contributed by atoms with Crippen molar-refractivity contribution in [3.05, 3.63) is 17.8 Å². The summed E-state index contributed by atoms with van der Waals surface area (Å²) in [5, 5.41) is 0.835. The van der Waals surface area contributed by atoms with Crippen LogP contribution in [-0.2, 0) is 12.0 Å². The standard InChI is InChI=1S/C15H26N2OS/c1-15(2,3)13-9-16-14(18-13)10-17(4)11-6-7-12(8-11)19-5/h9,11-12H,6-8,10H2,1-5H3/t11-,12+/m1/s1. The average Bonchev–Trinajstić information content (AvgIpc) is 2.95. The topological polar surface area (TPSA) is 29.3 Å². The normalized spacial score (nSPS) is 24.3. The summed E-state index contributed by atoms with van der Waals surface area (Å²) in [5.41, 5.74) is 0.0428. The van der Waals surface area contributed by atoms with Crippen molar-refractivity contribution in [1.82, 2.24) is 9.88 Å². The maximum atomic E-state index is 5.87. The van der Waals surface area contributed by atoms with Gasteiger partial charge in [-0.15, -0.1) is 0 Å². The van der Waals surface area contributed by atoms with E-state index in [4.69, 9.17) is 4.42 Å². The first-order chi connectivity index (χ1) is 8.90. The second-order valence-corrected chi connectivity index (χ2v) is 7.75. The maximum Gasteiger partial charge on any atom is 0.208 e. The Balaban J connectivity index is 1.92. The van der Waals surface area contributed by atoms with E-state index in [-0.39, 0.29) is 5.41 Å². The molecule has 0 amide bonds. The van der Waals surface area contributed by atoms with Crippen LogP contribution >= 0.6 is 11.8 Å². The molecule has 1 aromatic rings. The molecule has 0 bridgehead atoms. The molecule has 1 saturated carbocycles. The van der Waals surface area contributed by atoms with Gasteiger partial charge in [0.25, 0.3) is 0 Å². The zero-order valence-corrected chi connectivity index (χ0v) is 13.6. The molecule has 0 radical (unpaired) electrons. The monoisotopic (exact) mass is 282 g/mol. The summed E-state index contributed by atoms with van der Waals surface area (Å²) in [7, 11) is 2.19. The Hall–Kier alpha value is -0.480. The van der Waals surface area contributed by atoms with Crippen molar-refractivity contribution >= 4 is 11.8 Å². The van der Waals surface area contributed by atoms with E-state index < -0.39 is 0 Å². The average molecular weight is 282 g/mol. The molecule has 2 rings (SSSR count). The van der Waals surface area contributed by atoms with Crippen LogP contribution in [0.4, 0.5) is 0 Å². The lowest BCUT2D eigenvalue weighted by atomic mass is 9.94. The minimum absolute atomic E-state index is 0.0428. The fraction of sp³-hybridized carbons (Fsp3) is 0.800. The summed E-state index contributed by atoms with van der Waals surface area (Å²) in [4.78, 5) is 6.82. The van der Waals surface area contributed by atoms with Crippen molar-refractivity contribution in [1.29, 1.82) is 0 Å². The third-order valence-corrected chi connectivity index (χ3v) is 5.09. The van der Waals surface area contributed by atoms with Crippen molar-refractivity contribution in [2.45, 2.75) is 63.3 Å². The molecule has 0 N–H and O–H groups in total. The molecule has 2 atom stereocenters. The van der Waals surface area contributed by atoms with Gasteiger partial charge in [-0.05, 0) is 32.6 Å². The molecule has 0 aliphatic heterocycles. The van der Waals surface area contributed by atoms with Gasteiger partial charge in [0.1, 0.15) is 5.76 Å². The van der Waals surface area contributed by atoms with Gasteiger partial charge in [-0.1, -0.05) is 20.8 Å². The first-order valence-electron chi connectivity index (χ1n) is 7.08. The van der Waals surface area contributed by atoms with Gasteiger partial charge in [-0.25, -0.2) is 4.98 Å². The van der Waals surface area contributed by atoms with Gasteiger partial charge < -0.3 is 4.42 Å². The van der Waals surface area contributed by atoms with Crippen LogP contribution < -0.4 is 0 Å². The molecule has 108 valence electrons. The third kappa shape index (κ3) is 3.76. The van der Waals surface area contributed by atoms with Crippen LogP contribution in [0.5, 0.6) is 0 Å². The number of oxazole rings is 1. The van der Waals surface area contributed by atoms with Gasteiger partial charge >= 0.3 is 0 Å². The van der Waals surface area contributed by atoms with E-state index in [1.165, 1.54) is 19.3 Å². The highest BCUT2D eigenvalue weighted by Crippen LogP contribution is 2.31. The summed E-state index contributed by atoms with van der Waals surface area (Å²) < 4.78 is 5.87. The van der Waals surface area contributed by atoms with Crippen LogP contribution in [0.15, 0.2) is 10.6 Å².